The van der Waals surface area contributed by atoms with E-state index in [4.69, 9.17) is 5.73 Å². The van der Waals surface area contributed by atoms with E-state index in [1.165, 1.54) is 0 Å². The fourth-order valence-electron chi connectivity index (χ4n) is 6.02. The molecule has 1 amide bonds. The Balaban J connectivity index is 1.80. The number of hydrogen-bond acceptors (Lipinski definition) is 10. The fourth-order valence-corrected chi connectivity index (χ4v) is 6.02. The van der Waals surface area contributed by atoms with Crippen LogP contribution in [0.25, 0.3) is 0 Å². The van der Waals surface area contributed by atoms with Gasteiger partial charge in [-0.2, -0.15) is 0 Å². The van der Waals surface area contributed by atoms with Crippen molar-refractivity contribution in [2.75, 3.05) is 25.5 Å². The van der Waals surface area contributed by atoms with E-state index in [9.17, 15) is 39.0 Å². The van der Waals surface area contributed by atoms with Crippen LogP contribution in [0.5, 0.6) is 5.75 Å². The number of nitrogens with zero attached hydrogens (tertiary/aromatic N) is 1. The third-order valence-corrected chi connectivity index (χ3v) is 7.83. The van der Waals surface area contributed by atoms with Crippen molar-refractivity contribution < 1.29 is 39.0 Å². The molecule has 1 aromatic rings. The lowest BCUT2D eigenvalue weighted by atomic mass is 9.53. The molecular weight excluding hydrogens is 494 g/mol. The van der Waals surface area contributed by atoms with Crippen molar-refractivity contribution in [3.05, 3.63) is 22.8 Å². The lowest BCUT2D eigenvalue weighted by molar-refractivity contribution is -0.179. The molecule has 0 bridgehead atoms. The molecule has 38 heavy (non-hydrogen) atoms. The molecule has 2 fully saturated rings. The maximum absolute atomic E-state index is 13.8. The third kappa shape index (κ3) is 4.04. The lowest BCUT2D eigenvalue weighted by Gasteiger charge is -2.48. The number of nitrogens with one attached hydrogen (secondary N) is 1. The van der Waals surface area contributed by atoms with Crippen molar-refractivity contribution in [3.8, 4) is 5.75 Å². The second kappa shape index (κ2) is 9.09. The number of hydrogen-bond donors (Lipinski definition) is 4. The van der Waals surface area contributed by atoms with Gasteiger partial charge in [0.05, 0.1) is 17.4 Å². The van der Waals surface area contributed by atoms with Crippen LogP contribution >= 0.6 is 0 Å². The molecule has 2 unspecified atom stereocenters. The van der Waals surface area contributed by atoms with Gasteiger partial charge in [0.2, 0.25) is 17.5 Å². The number of primary amides is 1. The summed E-state index contributed by atoms with van der Waals surface area (Å²) in [5.74, 6) is -14.2. The summed E-state index contributed by atoms with van der Waals surface area (Å²) < 4.78 is 0. The Morgan fingerprint density at radius 2 is 1.74 bits per heavy atom. The second-order valence-electron chi connectivity index (χ2n) is 12.0. The van der Waals surface area contributed by atoms with E-state index in [-0.39, 0.29) is 36.1 Å². The van der Waals surface area contributed by atoms with Gasteiger partial charge < -0.3 is 26.2 Å². The average molecular weight is 528 g/mol. The molecule has 1 aromatic carbocycles. The standard InChI is InChI=1S/C27H33N3O8/c1-26(2,3)10-29-9-12-8-15(30(4)5)13-6-11-7-14-20(32)22(34)18(25(28)37)24(36)27(14,38)23(35)16(11)21(33)17(13)19(12)31/h8,11,14,16,18,29,31,38H,6-7,9-10H2,1-5H3,(H2,28,37)/t11-,14-,16?,18?,27-/m0/s1. The van der Waals surface area contributed by atoms with Crippen LogP contribution in [0.15, 0.2) is 6.07 Å². The molecule has 0 spiro atoms. The maximum Gasteiger partial charge on any atom is 0.236 e. The Morgan fingerprint density at radius 3 is 2.29 bits per heavy atom. The van der Waals surface area contributed by atoms with Crippen LogP contribution in [-0.4, -0.2) is 71.3 Å². The molecule has 204 valence electrons. The van der Waals surface area contributed by atoms with Gasteiger partial charge in [-0.15, -0.1) is 0 Å². The average Bonchev–Trinajstić information content (AvgIpc) is 2.79. The monoisotopic (exact) mass is 527 g/mol. The number of benzene rings is 1. The van der Waals surface area contributed by atoms with Crippen LogP contribution in [0.3, 0.4) is 0 Å². The zero-order valence-electron chi connectivity index (χ0n) is 22.1. The number of aromatic hydroxyl groups is 1. The first-order valence-corrected chi connectivity index (χ1v) is 12.5. The number of Topliss-reactive ketones (excluding diaryl/α,β-unsaturated/α-hetero) is 5. The van der Waals surface area contributed by atoms with E-state index < -0.39 is 64.1 Å². The number of carbonyl (C=O) groups excluding carboxylic acids is 6. The molecule has 0 radical (unpaired) electrons. The van der Waals surface area contributed by atoms with E-state index >= 15 is 0 Å². The Kier molecular flexibility index (Phi) is 6.60. The minimum absolute atomic E-state index is 0.0358. The molecule has 4 rings (SSSR count). The lowest BCUT2D eigenvalue weighted by Crippen LogP contribution is -2.71. The van der Waals surface area contributed by atoms with Crippen molar-refractivity contribution in [1.29, 1.82) is 0 Å². The molecule has 3 aliphatic rings. The minimum atomic E-state index is -3.02. The molecule has 0 aromatic heterocycles. The van der Waals surface area contributed by atoms with Gasteiger partial charge in [-0.1, -0.05) is 20.8 Å². The van der Waals surface area contributed by atoms with Gasteiger partial charge in [0.25, 0.3) is 0 Å². The maximum atomic E-state index is 13.8. The van der Waals surface area contributed by atoms with Crippen LogP contribution in [-0.2, 0) is 36.9 Å². The first kappa shape index (κ1) is 27.6. The number of nitrogens with two attached hydrogens (primary N) is 1. The topological polar surface area (TPSA) is 184 Å². The second-order valence-corrected chi connectivity index (χ2v) is 12.0. The summed E-state index contributed by atoms with van der Waals surface area (Å²) in [5.41, 5.74) is 3.57. The van der Waals surface area contributed by atoms with Crippen LogP contribution in [0.1, 0.15) is 48.7 Å². The summed E-state index contributed by atoms with van der Waals surface area (Å²) in [5, 5.41) is 25.7. The Morgan fingerprint density at radius 1 is 1.11 bits per heavy atom. The molecule has 2 saturated carbocycles. The summed E-state index contributed by atoms with van der Waals surface area (Å²) in [6.45, 7) is 7.00. The van der Waals surface area contributed by atoms with Crippen molar-refractivity contribution in [3.63, 3.8) is 0 Å². The zero-order valence-corrected chi connectivity index (χ0v) is 22.1. The van der Waals surface area contributed by atoms with E-state index in [1.54, 1.807) is 25.1 Å². The highest BCUT2D eigenvalue weighted by atomic mass is 16.3. The Bertz CT molecular complexity index is 1290. The zero-order chi connectivity index (χ0) is 28.5. The SMILES string of the molecule is CN(C)c1cc(CNCC(C)(C)C)c(O)c2c1C[C@H]1C[C@H]3C(=O)C(=O)C(C(N)=O)C(=O)[C@@]3(O)C(=O)C1C2=O. The van der Waals surface area contributed by atoms with Gasteiger partial charge in [-0.05, 0) is 35.8 Å². The minimum Gasteiger partial charge on any atom is -0.507 e. The van der Waals surface area contributed by atoms with Crippen molar-refractivity contribution in [1.82, 2.24) is 5.32 Å². The van der Waals surface area contributed by atoms with E-state index in [0.29, 0.717) is 23.4 Å². The summed E-state index contributed by atoms with van der Waals surface area (Å²) in [6, 6.07) is 1.76. The van der Waals surface area contributed by atoms with Crippen molar-refractivity contribution in [2.45, 2.75) is 45.8 Å². The first-order valence-electron chi connectivity index (χ1n) is 12.5. The van der Waals surface area contributed by atoms with Gasteiger partial charge in [-0.3, -0.25) is 28.8 Å². The number of fused-ring (bicyclic) bond motifs is 3. The summed E-state index contributed by atoms with van der Waals surface area (Å²) in [7, 11) is 3.54. The Hall–Kier alpha value is -3.44. The van der Waals surface area contributed by atoms with Crippen LogP contribution in [0.4, 0.5) is 5.69 Å². The molecule has 11 nitrogen and oxygen atoms in total. The number of rotatable bonds is 5. The first-order chi connectivity index (χ1) is 17.5. The number of ketones is 5. The van der Waals surface area contributed by atoms with E-state index in [1.807, 2.05) is 20.8 Å². The number of carbonyl (C=O) groups is 6. The predicted octanol–water partition coefficient (Wildman–Crippen LogP) is -0.292. The van der Waals surface area contributed by atoms with Crippen LogP contribution in [0, 0.1) is 29.1 Å². The number of amides is 1. The van der Waals surface area contributed by atoms with E-state index in [2.05, 4.69) is 5.32 Å². The van der Waals surface area contributed by atoms with Gasteiger partial charge >= 0.3 is 0 Å². The molecule has 0 saturated heterocycles. The molecule has 11 heteroatoms. The molecule has 5 atom stereocenters. The smallest absolute Gasteiger partial charge is 0.236 e. The molecule has 5 N–H and O–H groups in total. The third-order valence-electron chi connectivity index (χ3n) is 7.83. The van der Waals surface area contributed by atoms with E-state index in [0.717, 1.165) is 0 Å². The van der Waals surface area contributed by atoms with Gasteiger partial charge in [0, 0.05) is 38.4 Å². The van der Waals surface area contributed by atoms with Gasteiger partial charge in [0.15, 0.2) is 28.9 Å². The molecule has 3 aliphatic carbocycles. The fraction of sp³-hybridized carbons (Fsp3) is 0.556. The molecular formula is C27H33N3O8. The highest BCUT2D eigenvalue weighted by Crippen LogP contribution is 2.50. The Labute approximate surface area is 219 Å². The largest absolute Gasteiger partial charge is 0.507 e. The van der Waals surface area contributed by atoms with Gasteiger partial charge in [0.1, 0.15) is 5.75 Å². The highest BCUT2D eigenvalue weighted by Gasteiger charge is 2.69. The van der Waals surface area contributed by atoms with Crippen LogP contribution < -0.4 is 16.0 Å². The summed E-state index contributed by atoms with van der Waals surface area (Å²) >= 11 is 0. The summed E-state index contributed by atoms with van der Waals surface area (Å²) in [6.07, 6.45) is -0.196. The number of phenolic OH excluding ortho intramolecular Hbond substituents is 1. The summed E-state index contributed by atoms with van der Waals surface area (Å²) in [4.78, 5) is 79.4. The quantitative estimate of drug-likeness (QED) is 0.293. The van der Waals surface area contributed by atoms with Crippen molar-refractivity contribution >= 4 is 40.5 Å². The normalized spacial score (nSPS) is 29.1. The van der Waals surface area contributed by atoms with Crippen molar-refractivity contribution in [2.24, 2.45) is 34.8 Å². The highest BCUT2D eigenvalue weighted by molar-refractivity contribution is 6.52. The molecule has 0 heterocycles. The number of aliphatic hydroxyl groups is 1. The number of anilines is 1. The molecule has 0 aliphatic heterocycles. The van der Waals surface area contributed by atoms with Gasteiger partial charge in [-0.25, -0.2) is 0 Å². The van der Waals surface area contributed by atoms with Crippen LogP contribution in [0.2, 0.25) is 0 Å². The predicted molar refractivity (Wildman–Crippen MR) is 134 cm³/mol. The number of phenols is 1.